The molecule has 7 nitrogen and oxygen atoms in total. The van der Waals surface area contributed by atoms with Crippen LogP contribution in [0.25, 0.3) is 11.4 Å². The largest absolute Gasteiger partial charge is 0.325 e. The SMILES string of the molecule is CCC[C@@H](N)C(=O)Nc1cccc(-c2nn[nH]n2)c1. The highest BCUT2D eigenvalue weighted by molar-refractivity contribution is 5.95. The van der Waals surface area contributed by atoms with Gasteiger partial charge in [0, 0.05) is 11.3 Å². The van der Waals surface area contributed by atoms with Crippen LogP contribution >= 0.6 is 0 Å². The molecule has 0 aliphatic rings. The van der Waals surface area contributed by atoms with E-state index in [0.717, 1.165) is 12.0 Å². The molecular weight excluding hydrogens is 244 g/mol. The van der Waals surface area contributed by atoms with Crippen LogP contribution in [0.1, 0.15) is 19.8 Å². The van der Waals surface area contributed by atoms with E-state index in [4.69, 9.17) is 5.73 Å². The molecule has 4 N–H and O–H groups in total. The maximum Gasteiger partial charge on any atom is 0.241 e. The molecule has 1 aromatic heterocycles. The number of carbonyl (C=O) groups excluding carboxylic acids is 1. The second-order valence-corrected chi connectivity index (χ2v) is 4.20. The number of hydrogen-bond donors (Lipinski definition) is 3. The highest BCUT2D eigenvalue weighted by atomic mass is 16.2. The minimum atomic E-state index is -0.487. The van der Waals surface area contributed by atoms with Gasteiger partial charge >= 0.3 is 0 Å². The van der Waals surface area contributed by atoms with E-state index in [1.54, 1.807) is 12.1 Å². The van der Waals surface area contributed by atoms with Crippen LogP contribution in [0, 0.1) is 0 Å². The number of nitrogens with zero attached hydrogens (tertiary/aromatic N) is 3. The maximum absolute atomic E-state index is 11.8. The highest BCUT2D eigenvalue weighted by Gasteiger charge is 2.12. The molecule has 0 radical (unpaired) electrons. The topological polar surface area (TPSA) is 110 Å². The van der Waals surface area contributed by atoms with Gasteiger partial charge in [0.25, 0.3) is 0 Å². The predicted molar refractivity (Wildman–Crippen MR) is 71.1 cm³/mol. The van der Waals surface area contributed by atoms with Crippen molar-refractivity contribution in [3.8, 4) is 11.4 Å². The summed E-state index contributed by atoms with van der Waals surface area (Å²) in [6.45, 7) is 1.99. The van der Waals surface area contributed by atoms with Gasteiger partial charge in [-0.05, 0) is 23.8 Å². The number of hydrogen-bond acceptors (Lipinski definition) is 5. The van der Waals surface area contributed by atoms with Crippen LogP contribution in [0.3, 0.4) is 0 Å². The van der Waals surface area contributed by atoms with Crippen LogP contribution in [0.4, 0.5) is 5.69 Å². The zero-order valence-corrected chi connectivity index (χ0v) is 10.6. The molecule has 0 spiro atoms. The number of H-pyrrole nitrogens is 1. The van der Waals surface area contributed by atoms with Gasteiger partial charge in [0.1, 0.15) is 0 Å². The van der Waals surface area contributed by atoms with Crippen LogP contribution in [0.2, 0.25) is 0 Å². The van der Waals surface area contributed by atoms with Crippen LogP contribution in [-0.2, 0) is 4.79 Å². The molecule has 1 aromatic carbocycles. The monoisotopic (exact) mass is 260 g/mol. The number of aromatic amines is 1. The first-order valence-electron chi connectivity index (χ1n) is 6.11. The summed E-state index contributed by atoms with van der Waals surface area (Å²) in [6.07, 6.45) is 1.54. The average Bonchev–Trinajstić information content (AvgIpc) is 2.93. The molecule has 0 bridgehead atoms. The predicted octanol–water partition coefficient (Wildman–Crippen LogP) is 0.933. The Bertz CT molecular complexity index is 539. The third-order valence-corrected chi connectivity index (χ3v) is 2.67. The number of carbonyl (C=O) groups is 1. The molecule has 7 heteroatoms. The van der Waals surface area contributed by atoms with E-state index in [1.165, 1.54) is 0 Å². The first-order valence-corrected chi connectivity index (χ1v) is 6.11. The standard InChI is InChI=1S/C12H16N6O/c1-2-4-10(13)12(19)14-9-6-3-5-8(7-9)11-15-17-18-16-11/h3,5-7,10H,2,4,13H2,1H3,(H,14,19)(H,15,16,17,18)/t10-/m1/s1. The van der Waals surface area contributed by atoms with Gasteiger partial charge in [-0.1, -0.05) is 25.5 Å². The molecule has 0 saturated heterocycles. The molecule has 100 valence electrons. The molecule has 1 amide bonds. The van der Waals surface area contributed by atoms with Crippen molar-refractivity contribution in [1.82, 2.24) is 20.6 Å². The van der Waals surface area contributed by atoms with Gasteiger partial charge in [-0.3, -0.25) is 4.79 Å². The minimum absolute atomic E-state index is 0.188. The van der Waals surface area contributed by atoms with E-state index in [9.17, 15) is 4.79 Å². The van der Waals surface area contributed by atoms with Crippen LogP contribution < -0.4 is 11.1 Å². The smallest absolute Gasteiger partial charge is 0.241 e. The average molecular weight is 260 g/mol. The summed E-state index contributed by atoms with van der Waals surface area (Å²) < 4.78 is 0. The Morgan fingerprint density at radius 1 is 1.53 bits per heavy atom. The van der Waals surface area contributed by atoms with E-state index < -0.39 is 6.04 Å². The summed E-state index contributed by atoms with van der Waals surface area (Å²) in [4.78, 5) is 11.8. The first-order chi connectivity index (χ1) is 9.20. The molecule has 0 aliphatic heterocycles. The summed E-state index contributed by atoms with van der Waals surface area (Å²) in [6, 6.07) is 6.74. The lowest BCUT2D eigenvalue weighted by Gasteiger charge is -2.11. The Kier molecular flexibility index (Phi) is 4.19. The Morgan fingerprint density at radius 3 is 3.05 bits per heavy atom. The van der Waals surface area contributed by atoms with E-state index in [0.29, 0.717) is 17.9 Å². The molecule has 0 aliphatic carbocycles. The number of aromatic nitrogens is 4. The summed E-state index contributed by atoms with van der Waals surface area (Å²) in [5, 5.41) is 16.4. The fourth-order valence-corrected chi connectivity index (χ4v) is 1.70. The molecule has 0 fully saturated rings. The first kappa shape index (κ1) is 13.2. The molecule has 2 rings (SSSR count). The Labute approximate surface area is 110 Å². The van der Waals surface area contributed by atoms with Crippen LogP contribution in [0.5, 0.6) is 0 Å². The van der Waals surface area contributed by atoms with Crippen LogP contribution in [-0.4, -0.2) is 32.6 Å². The van der Waals surface area contributed by atoms with E-state index in [2.05, 4.69) is 25.9 Å². The molecular formula is C12H16N6O. The third-order valence-electron chi connectivity index (χ3n) is 2.67. The maximum atomic E-state index is 11.8. The van der Waals surface area contributed by atoms with E-state index in [-0.39, 0.29) is 5.91 Å². The van der Waals surface area contributed by atoms with Gasteiger partial charge < -0.3 is 11.1 Å². The second-order valence-electron chi connectivity index (χ2n) is 4.20. The van der Waals surface area contributed by atoms with Crippen molar-refractivity contribution in [2.75, 3.05) is 5.32 Å². The number of rotatable bonds is 5. The number of nitrogens with two attached hydrogens (primary N) is 1. The second kappa shape index (κ2) is 6.05. The van der Waals surface area contributed by atoms with Gasteiger partial charge in [0.2, 0.25) is 11.7 Å². The minimum Gasteiger partial charge on any atom is -0.325 e. The lowest BCUT2D eigenvalue weighted by molar-refractivity contribution is -0.117. The van der Waals surface area contributed by atoms with Crippen molar-refractivity contribution in [2.24, 2.45) is 5.73 Å². The fraction of sp³-hybridized carbons (Fsp3) is 0.333. The summed E-state index contributed by atoms with van der Waals surface area (Å²) >= 11 is 0. The van der Waals surface area contributed by atoms with Crippen molar-refractivity contribution in [2.45, 2.75) is 25.8 Å². The normalized spacial score (nSPS) is 12.1. The third kappa shape index (κ3) is 3.35. The molecule has 19 heavy (non-hydrogen) atoms. The molecule has 1 heterocycles. The van der Waals surface area contributed by atoms with Gasteiger partial charge in [-0.2, -0.15) is 5.21 Å². The molecule has 1 atom stereocenters. The van der Waals surface area contributed by atoms with Gasteiger partial charge in [-0.15, -0.1) is 10.2 Å². The van der Waals surface area contributed by atoms with Crippen molar-refractivity contribution in [1.29, 1.82) is 0 Å². The number of tetrazole rings is 1. The van der Waals surface area contributed by atoms with Crippen molar-refractivity contribution in [3.63, 3.8) is 0 Å². The number of amides is 1. The van der Waals surface area contributed by atoms with Crippen molar-refractivity contribution >= 4 is 11.6 Å². The Balaban J connectivity index is 2.09. The Morgan fingerprint density at radius 2 is 2.37 bits per heavy atom. The highest BCUT2D eigenvalue weighted by Crippen LogP contribution is 2.18. The van der Waals surface area contributed by atoms with Crippen molar-refractivity contribution in [3.05, 3.63) is 24.3 Å². The summed E-state index contributed by atoms with van der Waals surface area (Å²) in [5.41, 5.74) is 7.20. The number of benzene rings is 1. The summed E-state index contributed by atoms with van der Waals surface area (Å²) in [7, 11) is 0. The van der Waals surface area contributed by atoms with E-state index in [1.807, 2.05) is 19.1 Å². The Hall–Kier alpha value is -2.28. The number of nitrogens with one attached hydrogen (secondary N) is 2. The lowest BCUT2D eigenvalue weighted by Crippen LogP contribution is -2.35. The van der Waals surface area contributed by atoms with Crippen molar-refractivity contribution < 1.29 is 4.79 Å². The summed E-state index contributed by atoms with van der Waals surface area (Å²) in [5.74, 6) is 0.293. The molecule has 0 unspecified atom stereocenters. The molecule has 0 saturated carbocycles. The zero-order valence-electron chi connectivity index (χ0n) is 10.6. The van der Waals surface area contributed by atoms with Gasteiger partial charge in [0.15, 0.2) is 0 Å². The quantitative estimate of drug-likeness (QED) is 0.741. The van der Waals surface area contributed by atoms with Gasteiger partial charge in [-0.25, -0.2) is 0 Å². The zero-order chi connectivity index (χ0) is 13.7. The number of anilines is 1. The van der Waals surface area contributed by atoms with Gasteiger partial charge in [0.05, 0.1) is 6.04 Å². The van der Waals surface area contributed by atoms with E-state index >= 15 is 0 Å². The lowest BCUT2D eigenvalue weighted by atomic mass is 10.1. The molecule has 2 aromatic rings. The fourth-order valence-electron chi connectivity index (χ4n) is 1.70. The van der Waals surface area contributed by atoms with Crippen LogP contribution in [0.15, 0.2) is 24.3 Å².